The number of nitrogens with zero attached hydrogens (tertiary/aromatic N) is 2. The second kappa shape index (κ2) is 5.02. The van der Waals surface area contributed by atoms with E-state index in [9.17, 15) is 9.90 Å². The van der Waals surface area contributed by atoms with E-state index in [-0.39, 0.29) is 0 Å². The zero-order valence-corrected chi connectivity index (χ0v) is 12.5. The van der Waals surface area contributed by atoms with Gasteiger partial charge in [-0.25, -0.2) is 4.79 Å². The molecule has 1 fully saturated rings. The molecule has 0 spiro atoms. The lowest BCUT2D eigenvalue weighted by molar-refractivity contribution is 0.0697. The number of fused-ring (bicyclic) bond motifs is 1. The standard InChI is InChI=1S/C17H20N2O2/c1-17(2)7-9-19(10-8-17)15-12-5-3-4-6-14(12)18-11-13(15)16(20)21/h3-6,11H,7-10H2,1-2H3,(H,20,21). The maximum atomic E-state index is 11.6. The predicted molar refractivity (Wildman–Crippen MR) is 83.9 cm³/mol. The summed E-state index contributed by atoms with van der Waals surface area (Å²) in [6, 6.07) is 7.76. The largest absolute Gasteiger partial charge is 0.478 e. The van der Waals surface area contributed by atoms with Gasteiger partial charge < -0.3 is 10.0 Å². The van der Waals surface area contributed by atoms with Crippen LogP contribution in [0.3, 0.4) is 0 Å². The van der Waals surface area contributed by atoms with E-state index in [1.165, 1.54) is 6.20 Å². The smallest absolute Gasteiger partial charge is 0.339 e. The number of carbonyl (C=O) groups is 1. The molecule has 3 rings (SSSR count). The van der Waals surface area contributed by atoms with E-state index in [1.807, 2.05) is 24.3 Å². The Morgan fingerprint density at radius 2 is 1.90 bits per heavy atom. The Labute approximate surface area is 124 Å². The number of carboxylic acids is 1. The van der Waals surface area contributed by atoms with Crippen molar-refractivity contribution >= 4 is 22.6 Å². The molecule has 0 aliphatic carbocycles. The highest BCUT2D eigenvalue weighted by Crippen LogP contribution is 2.36. The zero-order valence-electron chi connectivity index (χ0n) is 12.5. The molecule has 0 radical (unpaired) electrons. The van der Waals surface area contributed by atoms with Crippen molar-refractivity contribution in [3.05, 3.63) is 36.0 Å². The van der Waals surface area contributed by atoms with Gasteiger partial charge in [-0.15, -0.1) is 0 Å². The Morgan fingerprint density at radius 1 is 1.24 bits per heavy atom. The van der Waals surface area contributed by atoms with Crippen molar-refractivity contribution < 1.29 is 9.90 Å². The molecule has 2 aromatic rings. The number of hydrogen-bond donors (Lipinski definition) is 1. The molecule has 1 aromatic heterocycles. The van der Waals surface area contributed by atoms with Gasteiger partial charge in [0.1, 0.15) is 5.56 Å². The fourth-order valence-electron chi connectivity index (χ4n) is 2.96. The summed E-state index contributed by atoms with van der Waals surface area (Å²) in [6.07, 6.45) is 3.63. The van der Waals surface area contributed by atoms with Crippen LogP contribution in [-0.4, -0.2) is 29.1 Å². The minimum Gasteiger partial charge on any atom is -0.478 e. The van der Waals surface area contributed by atoms with E-state index in [2.05, 4.69) is 23.7 Å². The number of para-hydroxylation sites is 1. The summed E-state index contributed by atoms with van der Waals surface area (Å²) in [6.45, 7) is 6.32. The molecule has 0 amide bonds. The van der Waals surface area contributed by atoms with Gasteiger partial charge in [0.25, 0.3) is 0 Å². The summed E-state index contributed by atoms with van der Waals surface area (Å²) in [7, 11) is 0. The third-order valence-electron chi connectivity index (χ3n) is 4.41. The number of hydrogen-bond acceptors (Lipinski definition) is 3. The lowest BCUT2D eigenvalue weighted by Gasteiger charge is -2.39. The number of carboxylic acid groups (broad SMARTS) is 1. The molecule has 0 saturated carbocycles. The molecule has 2 heterocycles. The van der Waals surface area contributed by atoms with Gasteiger partial charge in [-0.3, -0.25) is 4.98 Å². The molecule has 1 N–H and O–H groups in total. The summed E-state index contributed by atoms with van der Waals surface area (Å²) in [5.74, 6) is -0.909. The summed E-state index contributed by atoms with van der Waals surface area (Å²) >= 11 is 0. The fraction of sp³-hybridized carbons (Fsp3) is 0.412. The van der Waals surface area contributed by atoms with Crippen LogP contribution in [0.5, 0.6) is 0 Å². The third kappa shape index (κ3) is 2.58. The number of benzene rings is 1. The van der Waals surface area contributed by atoms with Gasteiger partial charge in [-0.05, 0) is 24.3 Å². The van der Waals surface area contributed by atoms with Crippen LogP contribution in [0, 0.1) is 5.41 Å². The van der Waals surface area contributed by atoms with Crippen LogP contribution in [0.2, 0.25) is 0 Å². The van der Waals surface area contributed by atoms with Crippen LogP contribution in [-0.2, 0) is 0 Å². The Balaban J connectivity index is 2.11. The van der Waals surface area contributed by atoms with Crippen LogP contribution < -0.4 is 4.90 Å². The summed E-state index contributed by atoms with van der Waals surface area (Å²) in [4.78, 5) is 18.1. The first-order valence-corrected chi connectivity index (χ1v) is 7.34. The van der Waals surface area contributed by atoms with Crippen LogP contribution in [0.4, 0.5) is 5.69 Å². The lowest BCUT2D eigenvalue weighted by atomic mass is 9.82. The van der Waals surface area contributed by atoms with Crippen LogP contribution in [0.15, 0.2) is 30.5 Å². The number of aromatic nitrogens is 1. The minimum absolute atomic E-state index is 0.299. The van der Waals surface area contributed by atoms with Gasteiger partial charge in [0.2, 0.25) is 0 Å². The SMILES string of the molecule is CC1(C)CCN(c2c(C(=O)O)cnc3ccccc23)CC1. The summed E-state index contributed by atoms with van der Waals surface area (Å²) in [5.41, 5.74) is 2.31. The van der Waals surface area contributed by atoms with E-state index in [1.54, 1.807) is 0 Å². The van der Waals surface area contributed by atoms with E-state index in [0.717, 1.165) is 42.5 Å². The van der Waals surface area contributed by atoms with Gasteiger partial charge in [0, 0.05) is 24.7 Å². The first-order valence-electron chi connectivity index (χ1n) is 7.34. The summed E-state index contributed by atoms with van der Waals surface area (Å²) < 4.78 is 0. The quantitative estimate of drug-likeness (QED) is 0.916. The highest BCUT2D eigenvalue weighted by atomic mass is 16.4. The van der Waals surface area contributed by atoms with Gasteiger partial charge in [0.05, 0.1) is 11.2 Å². The second-order valence-electron chi connectivity index (χ2n) is 6.49. The Bertz CT molecular complexity index is 684. The van der Waals surface area contributed by atoms with E-state index >= 15 is 0 Å². The molecule has 1 aliphatic heterocycles. The van der Waals surface area contributed by atoms with Crippen molar-refractivity contribution in [3.63, 3.8) is 0 Å². The first-order chi connectivity index (χ1) is 9.98. The lowest BCUT2D eigenvalue weighted by Crippen LogP contribution is -2.38. The maximum Gasteiger partial charge on any atom is 0.339 e. The van der Waals surface area contributed by atoms with Gasteiger partial charge in [-0.1, -0.05) is 32.0 Å². The second-order valence-corrected chi connectivity index (χ2v) is 6.49. The number of rotatable bonds is 2. The van der Waals surface area contributed by atoms with E-state index in [4.69, 9.17) is 0 Å². The monoisotopic (exact) mass is 284 g/mol. The van der Waals surface area contributed by atoms with Crippen molar-refractivity contribution in [1.29, 1.82) is 0 Å². The minimum atomic E-state index is -0.909. The van der Waals surface area contributed by atoms with Crippen molar-refractivity contribution in [2.45, 2.75) is 26.7 Å². The Kier molecular flexibility index (Phi) is 3.32. The van der Waals surface area contributed by atoms with Gasteiger partial charge in [0.15, 0.2) is 0 Å². The molecule has 4 heteroatoms. The molecule has 0 unspecified atom stereocenters. The van der Waals surface area contributed by atoms with Crippen LogP contribution in [0.25, 0.3) is 10.9 Å². The third-order valence-corrected chi connectivity index (χ3v) is 4.41. The van der Waals surface area contributed by atoms with Crippen LogP contribution >= 0.6 is 0 Å². The molecular formula is C17H20N2O2. The summed E-state index contributed by atoms with van der Waals surface area (Å²) in [5, 5.41) is 10.4. The Morgan fingerprint density at radius 3 is 2.57 bits per heavy atom. The zero-order chi connectivity index (χ0) is 15.0. The average molecular weight is 284 g/mol. The number of piperidine rings is 1. The molecule has 0 bridgehead atoms. The topological polar surface area (TPSA) is 53.4 Å². The van der Waals surface area contributed by atoms with Crippen molar-refractivity contribution in [1.82, 2.24) is 4.98 Å². The average Bonchev–Trinajstić information content (AvgIpc) is 2.46. The fourth-order valence-corrected chi connectivity index (χ4v) is 2.96. The van der Waals surface area contributed by atoms with Gasteiger partial charge >= 0.3 is 5.97 Å². The van der Waals surface area contributed by atoms with Gasteiger partial charge in [-0.2, -0.15) is 0 Å². The molecule has 1 aromatic carbocycles. The predicted octanol–water partition coefficient (Wildman–Crippen LogP) is 3.56. The molecule has 1 saturated heterocycles. The maximum absolute atomic E-state index is 11.6. The first kappa shape index (κ1) is 13.9. The van der Waals surface area contributed by atoms with Crippen molar-refractivity contribution in [2.75, 3.05) is 18.0 Å². The number of pyridine rings is 1. The Hall–Kier alpha value is -2.10. The van der Waals surface area contributed by atoms with Crippen molar-refractivity contribution in [3.8, 4) is 0 Å². The molecule has 0 atom stereocenters. The molecular weight excluding hydrogens is 264 g/mol. The van der Waals surface area contributed by atoms with Crippen molar-refractivity contribution in [2.24, 2.45) is 5.41 Å². The number of anilines is 1. The van der Waals surface area contributed by atoms with E-state index in [0.29, 0.717) is 11.0 Å². The van der Waals surface area contributed by atoms with Crippen LogP contribution in [0.1, 0.15) is 37.0 Å². The normalized spacial score (nSPS) is 17.9. The highest BCUT2D eigenvalue weighted by molar-refractivity contribution is 6.04. The van der Waals surface area contributed by atoms with E-state index < -0.39 is 5.97 Å². The highest BCUT2D eigenvalue weighted by Gasteiger charge is 2.28. The number of aromatic carboxylic acids is 1. The molecule has 4 nitrogen and oxygen atoms in total. The molecule has 110 valence electrons. The molecule has 1 aliphatic rings. The molecule has 21 heavy (non-hydrogen) atoms.